The lowest BCUT2D eigenvalue weighted by Crippen LogP contribution is -2.16. The van der Waals surface area contributed by atoms with Crippen LogP contribution in [-0.4, -0.2) is 44.7 Å². The minimum Gasteiger partial charge on any atom is -0.383 e. The molecule has 0 atom stereocenters. The molecular weight excluding hydrogens is 422 g/mol. The third kappa shape index (κ3) is 4.56. The van der Waals surface area contributed by atoms with Crippen molar-refractivity contribution in [3.8, 4) is 5.69 Å². The number of rotatable bonds is 8. The Kier molecular flexibility index (Phi) is 6.62. The number of aryl methyl sites for hydroxylation is 2. The average molecular weight is 450 g/mol. The van der Waals surface area contributed by atoms with Crippen molar-refractivity contribution in [3.63, 3.8) is 0 Å². The van der Waals surface area contributed by atoms with E-state index in [1.807, 2.05) is 54.9 Å². The van der Waals surface area contributed by atoms with Crippen molar-refractivity contribution >= 4 is 34.4 Å². The second kappa shape index (κ2) is 9.58. The largest absolute Gasteiger partial charge is 0.383 e. The average Bonchev–Trinajstić information content (AvgIpc) is 3.28. The molecule has 1 amide bonds. The van der Waals surface area contributed by atoms with E-state index in [0.717, 1.165) is 39.0 Å². The van der Waals surface area contributed by atoms with Crippen LogP contribution in [0.25, 0.3) is 16.7 Å². The highest BCUT2D eigenvalue weighted by Crippen LogP contribution is 2.26. The van der Waals surface area contributed by atoms with Gasteiger partial charge in [-0.05, 0) is 45.0 Å². The van der Waals surface area contributed by atoms with E-state index in [9.17, 15) is 4.79 Å². The SMILES string of the molecule is COCCn1c(SCC(=O)Nc2c(C)nn(-c3ccc(C)cc3)c2C)nc2ccccc21. The first-order valence-electron chi connectivity index (χ1n) is 10.5. The van der Waals surface area contributed by atoms with E-state index in [1.54, 1.807) is 7.11 Å². The van der Waals surface area contributed by atoms with Gasteiger partial charge in [-0.25, -0.2) is 9.67 Å². The molecule has 2 heterocycles. The molecule has 4 rings (SSSR count). The first kappa shape index (κ1) is 22.1. The molecule has 0 aliphatic carbocycles. The number of anilines is 1. The van der Waals surface area contributed by atoms with Crippen LogP contribution in [0.4, 0.5) is 5.69 Å². The van der Waals surface area contributed by atoms with Gasteiger partial charge in [-0.15, -0.1) is 0 Å². The van der Waals surface area contributed by atoms with Crippen molar-refractivity contribution in [1.29, 1.82) is 0 Å². The van der Waals surface area contributed by atoms with Gasteiger partial charge in [0.2, 0.25) is 5.91 Å². The number of nitrogens with zero attached hydrogens (tertiary/aromatic N) is 4. The van der Waals surface area contributed by atoms with Crippen LogP contribution in [0.1, 0.15) is 17.0 Å². The summed E-state index contributed by atoms with van der Waals surface area (Å²) in [5, 5.41) is 8.47. The van der Waals surface area contributed by atoms with Gasteiger partial charge in [-0.1, -0.05) is 41.6 Å². The second-order valence-electron chi connectivity index (χ2n) is 7.66. The van der Waals surface area contributed by atoms with Gasteiger partial charge in [0.1, 0.15) is 0 Å². The van der Waals surface area contributed by atoms with Crippen LogP contribution in [0, 0.1) is 20.8 Å². The number of imidazole rings is 1. The molecule has 0 saturated carbocycles. The summed E-state index contributed by atoms with van der Waals surface area (Å²) < 4.78 is 9.21. The summed E-state index contributed by atoms with van der Waals surface area (Å²) in [5.41, 5.74) is 6.56. The topological polar surface area (TPSA) is 74.0 Å². The molecule has 2 aromatic carbocycles. The van der Waals surface area contributed by atoms with Gasteiger partial charge in [-0.3, -0.25) is 4.79 Å². The summed E-state index contributed by atoms with van der Waals surface area (Å²) >= 11 is 1.42. The van der Waals surface area contributed by atoms with Crippen molar-refractivity contribution in [1.82, 2.24) is 19.3 Å². The van der Waals surface area contributed by atoms with Crippen LogP contribution in [0.2, 0.25) is 0 Å². The Balaban J connectivity index is 1.49. The lowest BCUT2D eigenvalue weighted by Gasteiger charge is -2.09. The van der Waals surface area contributed by atoms with Crippen LogP contribution < -0.4 is 5.32 Å². The second-order valence-corrected chi connectivity index (χ2v) is 8.60. The van der Waals surface area contributed by atoms with E-state index in [0.29, 0.717) is 13.2 Å². The van der Waals surface area contributed by atoms with Gasteiger partial charge in [0, 0.05) is 13.7 Å². The van der Waals surface area contributed by atoms with E-state index in [1.165, 1.54) is 17.3 Å². The molecule has 166 valence electrons. The van der Waals surface area contributed by atoms with Crippen LogP contribution >= 0.6 is 11.8 Å². The maximum absolute atomic E-state index is 12.8. The maximum atomic E-state index is 12.8. The Hall–Kier alpha value is -3.10. The normalized spacial score (nSPS) is 11.2. The van der Waals surface area contributed by atoms with Gasteiger partial charge in [0.05, 0.1) is 46.2 Å². The molecular formula is C24H27N5O2S. The number of benzene rings is 2. The van der Waals surface area contributed by atoms with E-state index in [-0.39, 0.29) is 11.7 Å². The zero-order valence-corrected chi connectivity index (χ0v) is 19.6. The Labute approximate surface area is 191 Å². The van der Waals surface area contributed by atoms with Gasteiger partial charge >= 0.3 is 0 Å². The monoisotopic (exact) mass is 449 g/mol. The lowest BCUT2D eigenvalue weighted by atomic mass is 10.2. The number of para-hydroxylation sites is 2. The van der Waals surface area contributed by atoms with E-state index in [4.69, 9.17) is 9.72 Å². The number of methoxy groups -OCH3 is 1. The number of amides is 1. The van der Waals surface area contributed by atoms with Crippen molar-refractivity contribution in [2.75, 3.05) is 24.8 Å². The van der Waals surface area contributed by atoms with Gasteiger partial charge < -0.3 is 14.6 Å². The maximum Gasteiger partial charge on any atom is 0.234 e. The van der Waals surface area contributed by atoms with Gasteiger partial charge in [0.25, 0.3) is 0 Å². The summed E-state index contributed by atoms with van der Waals surface area (Å²) in [6.07, 6.45) is 0. The number of hydrogen-bond donors (Lipinski definition) is 1. The number of carbonyl (C=O) groups excluding carboxylic acids is 1. The number of carbonyl (C=O) groups is 1. The number of thioether (sulfide) groups is 1. The Morgan fingerprint density at radius 3 is 2.59 bits per heavy atom. The molecule has 0 saturated heterocycles. The molecule has 4 aromatic rings. The molecule has 1 N–H and O–H groups in total. The highest BCUT2D eigenvalue weighted by atomic mass is 32.2. The quantitative estimate of drug-likeness (QED) is 0.400. The molecule has 32 heavy (non-hydrogen) atoms. The van der Waals surface area contributed by atoms with Crippen LogP contribution in [-0.2, 0) is 16.1 Å². The number of ether oxygens (including phenoxy) is 1. The summed E-state index contributed by atoms with van der Waals surface area (Å²) in [6, 6.07) is 16.1. The predicted octanol–water partition coefficient (Wildman–Crippen LogP) is 4.52. The van der Waals surface area contributed by atoms with Crippen molar-refractivity contribution in [3.05, 3.63) is 65.5 Å². The van der Waals surface area contributed by atoms with Gasteiger partial charge in [0.15, 0.2) is 5.16 Å². The fourth-order valence-electron chi connectivity index (χ4n) is 3.63. The molecule has 8 heteroatoms. The summed E-state index contributed by atoms with van der Waals surface area (Å²) in [4.78, 5) is 17.5. The third-order valence-electron chi connectivity index (χ3n) is 5.31. The summed E-state index contributed by atoms with van der Waals surface area (Å²) in [7, 11) is 1.68. The smallest absolute Gasteiger partial charge is 0.234 e. The number of aromatic nitrogens is 4. The molecule has 0 spiro atoms. The zero-order chi connectivity index (χ0) is 22.7. The molecule has 0 radical (unpaired) electrons. The van der Waals surface area contributed by atoms with Gasteiger partial charge in [-0.2, -0.15) is 5.10 Å². The highest BCUT2D eigenvalue weighted by Gasteiger charge is 2.17. The summed E-state index contributed by atoms with van der Waals surface area (Å²) in [5.74, 6) is 0.167. The Bertz CT molecular complexity index is 1240. The molecule has 2 aromatic heterocycles. The lowest BCUT2D eigenvalue weighted by molar-refractivity contribution is -0.113. The molecule has 0 aliphatic rings. The fourth-order valence-corrected chi connectivity index (χ4v) is 4.47. The van der Waals surface area contributed by atoms with Crippen molar-refractivity contribution in [2.24, 2.45) is 0 Å². The standard InChI is InChI=1S/C24H27N5O2S/c1-16-9-11-19(12-10-16)29-18(3)23(17(2)27-29)26-22(30)15-32-24-25-20-7-5-6-8-21(20)28(24)13-14-31-4/h5-12H,13-15H2,1-4H3,(H,26,30). The Morgan fingerprint density at radius 1 is 1.09 bits per heavy atom. The van der Waals surface area contributed by atoms with E-state index >= 15 is 0 Å². The molecule has 0 bridgehead atoms. The fraction of sp³-hybridized carbons (Fsp3) is 0.292. The molecule has 7 nitrogen and oxygen atoms in total. The Morgan fingerprint density at radius 2 is 1.84 bits per heavy atom. The first-order chi connectivity index (χ1) is 15.5. The predicted molar refractivity (Wildman–Crippen MR) is 129 cm³/mol. The molecule has 0 fully saturated rings. The number of nitrogens with one attached hydrogen (secondary N) is 1. The van der Waals surface area contributed by atoms with Crippen LogP contribution in [0.15, 0.2) is 53.7 Å². The number of fused-ring (bicyclic) bond motifs is 1. The van der Waals surface area contributed by atoms with Crippen molar-refractivity contribution < 1.29 is 9.53 Å². The first-order valence-corrected chi connectivity index (χ1v) is 11.5. The van der Waals surface area contributed by atoms with E-state index in [2.05, 4.69) is 34.0 Å². The molecule has 0 aliphatic heterocycles. The van der Waals surface area contributed by atoms with Crippen LogP contribution in [0.3, 0.4) is 0 Å². The minimum absolute atomic E-state index is 0.0880. The summed E-state index contributed by atoms with van der Waals surface area (Å²) in [6.45, 7) is 7.19. The van der Waals surface area contributed by atoms with E-state index < -0.39 is 0 Å². The zero-order valence-electron chi connectivity index (χ0n) is 18.8. The van der Waals surface area contributed by atoms with Crippen molar-refractivity contribution in [2.45, 2.75) is 32.5 Å². The highest BCUT2D eigenvalue weighted by molar-refractivity contribution is 7.99. The number of hydrogen-bond acceptors (Lipinski definition) is 5. The van der Waals surface area contributed by atoms with Crippen LogP contribution in [0.5, 0.6) is 0 Å². The minimum atomic E-state index is -0.0880. The molecule has 0 unspecified atom stereocenters. The third-order valence-corrected chi connectivity index (χ3v) is 6.28.